The van der Waals surface area contributed by atoms with Gasteiger partial charge in [0, 0.05) is 6.54 Å². The van der Waals surface area contributed by atoms with E-state index in [9.17, 15) is 4.79 Å². The van der Waals surface area contributed by atoms with Crippen LogP contribution in [0.5, 0.6) is 0 Å². The van der Waals surface area contributed by atoms with Crippen molar-refractivity contribution in [2.75, 3.05) is 26.2 Å². The van der Waals surface area contributed by atoms with Gasteiger partial charge in [0.05, 0.1) is 6.54 Å². The first kappa shape index (κ1) is 9.32. The summed E-state index contributed by atoms with van der Waals surface area (Å²) in [7, 11) is 0. The lowest BCUT2D eigenvalue weighted by molar-refractivity contribution is 0.146. The molecule has 1 fully saturated rings. The maximum Gasteiger partial charge on any atom is 0.409 e. The van der Waals surface area contributed by atoms with Gasteiger partial charge in [-0.2, -0.15) is 0 Å². The third kappa shape index (κ3) is 2.11. The second-order valence-corrected chi connectivity index (χ2v) is 3.90. The van der Waals surface area contributed by atoms with E-state index in [0.717, 1.165) is 0 Å². The highest BCUT2D eigenvalue weighted by molar-refractivity contribution is 5.69. The zero-order valence-electron chi connectivity index (χ0n) is 7.67. The van der Waals surface area contributed by atoms with Crippen LogP contribution in [0.3, 0.4) is 0 Å². The number of nitrogens with zero attached hydrogens (tertiary/aromatic N) is 1. The molecule has 0 aromatic rings. The van der Waals surface area contributed by atoms with E-state index in [1.54, 1.807) is 4.90 Å². The van der Waals surface area contributed by atoms with Gasteiger partial charge in [0.1, 0.15) is 6.61 Å². The number of hydrogen-bond donors (Lipinski definition) is 1. The van der Waals surface area contributed by atoms with Crippen LogP contribution in [0.15, 0.2) is 0 Å². The number of amides is 1. The second kappa shape index (κ2) is 3.31. The van der Waals surface area contributed by atoms with Crippen LogP contribution < -0.4 is 5.73 Å². The summed E-state index contributed by atoms with van der Waals surface area (Å²) in [4.78, 5) is 12.7. The van der Waals surface area contributed by atoms with Crippen LogP contribution in [-0.2, 0) is 4.74 Å². The van der Waals surface area contributed by atoms with Crippen LogP contribution in [0, 0.1) is 5.41 Å². The number of nitrogens with two attached hydrogens (primary N) is 1. The highest BCUT2D eigenvalue weighted by Crippen LogP contribution is 2.17. The molecule has 0 aliphatic carbocycles. The van der Waals surface area contributed by atoms with Crippen LogP contribution in [0.4, 0.5) is 4.79 Å². The minimum atomic E-state index is -0.212. The van der Waals surface area contributed by atoms with Crippen LogP contribution in [0.1, 0.15) is 13.8 Å². The number of carbonyl (C=O) groups excluding carboxylic acids is 1. The molecule has 2 N–H and O–H groups in total. The van der Waals surface area contributed by atoms with Gasteiger partial charge in [0.25, 0.3) is 0 Å². The minimum Gasteiger partial charge on any atom is -0.448 e. The van der Waals surface area contributed by atoms with Crippen molar-refractivity contribution in [1.29, 1.82) is 0 Å². The zero-order valence-corrected chi connectivity index (χ0v) is 7.67. The van der Waals surface area contributed by atoms with Crippen molar-refractivity contribution in [1.82, 2.24) is 4.90 Å². The van der Waals surface area contributed by atoms with Crippen molar-refractivity contribution in [3.8, 4) is 0 Å². The normalized spacial score (nSPS) is 18.2. The Morgan fingerprint density at radius 3 is 2.75 bits per heavy atom. The maximum absolute atomic E-state index is 11.0. The highest BCUT2D eigenvalue weighted by atomic mass is 16.6. The van der Waals surface area contributed by atoms with E-state index in [0.29, 0.717) is 26.2 Å². The molecule has 1 heterocycles. The Labute approximate surface area is 72.7 Å². The predicted molar refractivity (Wildman–Crippen MR) is 45.8 cm³/mol. The monoisotopic (exact) mass is 172 g/mol. The van der Waals surface area contributed by atoms with Gasteiger partial charge < -0.3 is 15.4 Å². The Kier molecular flexibility index (Phi) is 2.57. The predicted octanol–water partition coefficient (Wildman–Crippen LogP) is 0.424. The van der Waals surface area contributed by atoms with Gasteiger partial charge in [0.15, 0.2) is 0 Å². The Hall–Kier alpha value is -0.770. The SMILES string of the molecule is CC(C)(CN)CN1CCOC1=O. The number of carbonyl (C=O) groups is 1. The summed E-state index contributed by atoms with van der Waals surface area (Å²) in [5.74, 6) is 0. The minimum absolute atomic E-state index is 0.0106. The second-order valence-electron chi connectivity index (χ2n) is 3.90. The molecule has 0 aromatic carbocycles. The summed E-state index contributed by atoms with van der Waals surface area (Å²) in [5, 5.41) is 0. The largest absolute Gasteiger partial charge is 0.448 e. The molecule has 1 aliphatic heterocycles. The van der Waals surface area contributed by atoms with Gasteiger partial charge in [-0.25, -0.2) is 4.79 Å². The van der Waals surface area contributed by atoms with E-state index < -0.39 is 0 Å². The smallest absolute Gasteiger partial charge is 0.409 e. The molecular formula is C8H16N2O2. The van der Waals surface area contributed by atoms with E-state index in [1.165, 1.54) is 0 Å². The van der Waals surface area contributed by atoms with Gasteiger partial charge in [-0.05, 0) is 12.0 Å². The molecule has 1 amide bonds. The van der Waals surface area contributed by atoms with Crippen LogP contribution >= 0.6 is 0 Å². The topological polar surface area (TPSA) is 55.6 Å². The zero-order chi connectivity index (χ0) is 9.19. The summed E-state index contributed by atoms with van der Waals surface area (Å²) >= 11 is 0. The van der Waals surface area contributed by atoms with Gasteiger partial charge in [-0.1, -0.05) is 13.8 Å². The standard InChI is InChI=1S/C8H16N2O2/c1-8(2,5-9)6-10-3-4-12-7(10)11/h3-6,9H2,1-2H3. The Balaban J connectivity index is 2.45. The summed E-state index contributed by atoms with van der Waals surface area (Å²) < 4.78 is 4.80. The van der Waals surface area contributed by atoms with Crippen molar-refractivity contribution < 1.29 is 9.53 Å². The Morgan fingerprint density at radius 2 is 2.33 bits per heavy atom. The average Bonchev–Trinajstić information content (AvgIpc) is 2.36. The van der Waals surface area contributed by atoms with Crippen molar-refractivity contribution >= 4 is 6.09 Å². The number of hydrogen-bond acceptors (Lipinski definition) is 3. The quantitative estimate of drug-likeness (QED) is 0.671. The molecule has 0 radical (unpaired) electrons. The van der Waals surface area contributed by atoms with E-state index in [-0.39, 0.29) is 11.5 Å². The van der Waals surface area contributed by atoms with E-state index >= 15 is 0 Å². The molecule has 0 atom stereocenters. The van der Waals surface area contributed by atoms with E-state index in [4.69, 9.17) is 10.5 Å². The van der Waals surface area contributed by atoms with Gasteiger partial charge in [-0.3, -0.25) is 0 Å². The first-order valence-electron chi connectivity index (χ1n) is 4.17. The lowest BCUT2D eigenvalue weighted by Crippen LogP contribution is -2.39. The van der Waals surface area contributed by atoms with Gasteiger partial charge in [-0.15, -0.1) is 0 Å². The number of rotatable bonds is 3. The lowest BCUT2D eigenvalue weighted by atomic mass is 9.93. The third-order valence-electron chi connectivity index (χ3n) is 2.02. The van der Waals surface area contributed by atoms with E-state index in [1.807, 2.05) is 13.8 Å². The fourth-order valence-corrected chi connectivity index (χ4v) is 1.15. The highest BCUT2D eigenvalue weighted by Gasteiger charge is 2.28. The first-order chi connectivity index (χ1) is 5.55. The molecule has 4 heteroatoms. The fourth-order valence-electron chi connectivity index (χ4n) is 1.15. The molecule has 1 aliphatic rings. The number of ether oxygens (including phenoxy) is 1. The molecule has 0 unspecified atom stereocenters. The fraction of sp³-hybridized carbons (Fsp3) is 0.875. The molecular weight excluding hydrogens is 156 g/mol. The van der Waals surface area contributed by atoms with Crippen molar-refractivity contribution in [2.24, 2.45) is 11.1 Å². The molecule has 1 saturated heterocycles. The first-order valence-corrected chi connectivity index (χ1v) is 4.17. The molecule has 70 valence electrons. The van der Waals surface area contributed by atoms with Crippen LogP contribution in [-0.4, -0.2) is 37.2 Å². The average molecular weight is 172 g/mol. The molecule has 0 spiro atoms. The molecule has 4 nitrogen and oxygen atoms in total. The molecule has 0 saturated carbocycles. The molecule has 1 rings (SSSR count). The summed E-state index contributed by atoms with van der Waals surface area (Å²) in [5.41, 5.74) is 5.54. The Morgan fingerprint density at radius 1 is 1.67 bits per heavy atom. The van der Waals surface area contributed by atoms with Crippen molar-refractivity contribution in [3.63, 3.8) is 0 Å². The maximum atomic E-state index is 11.0. The van der Waals surface area contributed by atoms with Crippen molar-refractivity contribution in [3.05, 3.63) is 0 Å². The summed E-state index contributed by atoms with van der Waals surface area (Å²) in [6, 6.07) is 0. The van der Waals surface area contributed by atoms with Crippen LogP contribution in [0.25, 0.3) is 0 Å². The summed E-state index contributed by atoms with van der Waals surface area (Å²) in [6.45, 7) is 6.55. The van der Waals surface area contributed by atoms with E-state index in [2.05, 4.69) is 0 Å². The summed E-state index contributed by atoms with van der Waals surface area (Å²) in [6.07, 6.45) is -0.212. The number of cyclic esters (lactones) is 1. The van der Waals surface area contributed by atoms with Crippen LogP contribution in [0.2, 0.25) is 0 Å². The molecule has 12 heavy (non-hydrogen) atoms. The van der Waals surface area contributed by atoms with Crippen molar-refractivity contribution in [2.45, 2.75) is 13.8 Å². The lowest BCUT2D eigenvalue weighted by Gasteiger charge is -2.26. The molecule has 0 aromatic heterocycles. The third-order valence-corrected chi connectivity index (χ3v) is 2.02. The van der Waals surface area contributed by atoms with Gasteiger partial charge in [0.2, 0.25) is 0 Å². The Bertz CT molecular complexity index is 180. The molecule has 0 bridgehead atoms. The van der Waals surface area contributed by atoms with Gasteiger partial charge >= 0.3 is 6.09 Å².